The molecule has 128 valence electrons. The van der Waals surface area contributed by atoms with Crippen LogP contribution in [0.4, 0.5) is 0 Å². The lowest BCUT2D eigenvalue weighted by Gasteiger charge is -2.12. The number of hydrogen-bond acceptors (Lipinski definition) is 5. The van der Waals surface area contributed by atoms with Crippen molar-refractivity contribution in [3.8, 4) is 10.4 Å². The fourth-order valence-corrected chi connectivity index (χ4v) is 4.11. The quantitative estimate of drug-likeness (QED) is 0.465. The van der Waals surface area contributed by atoms with Gasteiger partial charge in [-0.05, 0) is 58.4 Å². The van der Waals surface area contributed by atoms with Crippen molar-refractivity contribution in [2.45, 2.75) is 11.7 Å². The number of halogens is 1. The van der Waals surface area contributed by atoms with Crippen molar-refractivity contribution in [1.29, 1.82) is 0 Å². The summed E-state index contributed by atoms with van der Waals surface area (Å²) < 4.78 is 1.06. The number of thioether (sulfide) groups is 1. The molecule has 1 aromatic carbocycles. The Morgan fingerprint density at radius 1 is 1.25 bits per heavy atom. The number of rotatable bonds is 7. The van der Waals surface area contributed by atoms with E-state index in [1.54, 1.807) is 35.2 Å². The molecule has 1 unspecified atom stereocenters. The number of benzene rings is 1. The van der Waals surface area contributed by atoms with Gasteiger partial charge in [0, 0.05) is 17.0 Å². The van der Waals surface area contributed by atoms with E-state index in [2.05, 4.69) is 21.2 Å². The van der Waals surface area contributed by atoms with Gasteiger partial charge in [-0.1, -0.05) is 12.1 Å². The lowest BCUT2D eigenvalue weighted by Crippen LogP contribution is -2.34. The van der Waals surface area contributed by atoms with Crippen LogP contribution in [0.25, 0.3) is 10.4 Å². The summed E-state index contributed by atoms with van der Waals surface area (Å²) in [6.45, 7) is 0.359. The van der Waals surface area contributed by atoms with E-state index >= 15 is 0 Å². The summed E-state index contributed by atoms with van der Waals surface area (Å²) in [5.74, 6) is -0.638. The summed E-state index contributed by atoms with van der Waals surface area (Å²) in [6.07, 6.45) is 2.23. The fourth-order valence-electron chi connectivity index (χ4n) is 2.10. The summed E-state index contributed by atoms with van der Waals surface area (Å²) >= 11 is 6.40. The Balaban J connectivity index is 1.90. The molecule has 8 heteroatoms. The standard InChI is InChI=1S/C16H17BrN2O3S2/c1-23-13(16(21)19-22)8-9-18-15(20)11-4-2-10(3-5-11)12-6-7-14(17)24-12/h2-7,13,22H,8-9H2,1H3,(H,18,20)(H,19,21). The molecular formula is C16H17BrN2O3S2. The molecule has 0 aliphatic carbocycles. The fraction of sp³-hybridized carbons (Fsp3) is 0.250. The van der Waals surface area contributed by atoms with Gasteiger partial charge in [0.15, 0.2) is 0 Å². The zero-order valence-electron chi connectivity index (χ0n) is 12.9. The molecule has 0 saturated carbocycles. The van der Waals surface area contributed by atoms with Crippen molar-refractivity contribution in [2.75, 3.05) is 12.8 Å². The van der Waals surface area contributed by atoms with Crippen LogP contribution in [0.5, 0.6) is 0 Å². The smallest absolute Gasteiger partial charge is 0.256 e. The Hall–Kier alpha value is -1.35. The summed E-state index contributed by atoms with van der Waals surface area (Å²) in [7, 11) is 0. The number of thiophene rings is 1. The van der Waals surface area contributed by atoms with Gasteiger partial charge in [0.1, 0.15) is 0 Å². The maximum atomic E-state index is 12.1. The van der Waals surface area contributed by atoms with Crippen molar-refractivity contribution in [3.63, 3.8) is 0 Å². The van der Waals surface area contributed by atoms with E-state index in [0.29, 0.717) is 18.5 Å². The minimum Gasteiger partial charge on any atom is -0.352 e. The van der Waals surface area contributed by atoms with Gasteiger partial charge in [0.05, 0.1) is 9.04 Å². The Morgan fingerprint density at radius 3 is 2.50 bits per heavy atom. The molecule has 2 amide bonds. The van der Waals surface area contributed by atoms with Crippen molar-refractivity contribution in [3.05, 3.63) is 45.7 Å². The number of nitrogens with one attached hydrogen (secondary N) is 2. The van der Waals surface area contributed by atoms with E-state index in [0.717, 1.165) is 14.2 Å². The minimum absolute atomic E-state index is 0.182. The van der Waals surface area contributed by atoms with Crippen molar-refractivity contribution in [1.82, 2.24) is 10.8 Å². The van der Waals surface area contributed by atoms with Gasteiger partial charge < -0.3 is 5.32 Å². The first-order chi connectivity index (χ1) is 11.5. The van der Waals surface area contributed by atoms with E-state index in [1.165, 1.54) is 11.8 Å². The Kier molecular flexibility index (Phi) is 7.29. The zero-order valence-corrected chi connectivity index (χ0v) is 16.1. The van der Waals surface area contributed by atoms with Crippen molar-refractivity contribution >= 4 is 50.8 Å². The van der Waals surface area contributed by atoms with Crippen LogP contribution < -0.4 is 10.8 Å². The molecule has 1 heterocycles. The van der Waals surface area contributed by atoms with Gasteiger partial charge >= 0.3 is 0 Å². The predicted molar refractivity (Wildman–Crippen MR) is 102 cm³/mol. The second-order valence-corrected chi connectivity index (χ2v) is 8.43. The van der Waals surface area contributed by atoms with Crippen molar-refractivity contribution < 1.29 is 14.8 Å². The molecule has 0 aliphatic heterocycles. The Bertz CT molecular complexity index is 704. The lowest BCUT2D eigenvalue weighted by molar-refractivity contribution is -0.128. The van der Waals surface area contributed by atoms with Crippen LogP contribution in [0.3, 0.4) is 0 Å². The normalized spacial score (nSPS) is 11.8. The van der Waals surface area contributed by atoms with E-state index in [9.17, 15) is 9.59 Å². The van der Waals surface area contributed by atoms with Crippen LogP contribution in [0.1, 0.15) is 16.8 Å². The molecule has 0 radical (unpaired) electrons. The summed E-state index contributed by atoms with van der Waals surface area (Å²) in [6, 6.07) is 11.4. The van der Waals surface area contributed by atoms with Crippen molar-refractivity contribution in [2.24, 2.45) is 0 Å². The van der Waals surface area contributed by atoms with E-state index < -0.39 is 11.2 Å². The molecule has 0 saturated heterocycles. The molecular weight excluding hydrogens is 412 g/mol. The van der Waals surface area contributed by atoms with Gasteiger partial charge in [0.2, 0.25) is 0 Å². The van der Waals surface area contributed by atoms with Crippen LogP contribution in [0, 0.1) is 0 Å². The van der Waals surface area contributed by atoms with Crippen LogP contribution in [-0.2, 0) is 4.79 Å². The van der Waals surface area contributed by atoms with Gasteiger partial charge in [-0.25, -0.2) is 5.48 Å². The molecule has 2 rings (SSSR count). The molecule has 5 nitrogen and oxygen atoms in total. The maximum absolute atomic E-state index is 12.1. The topological polar surface area (TPSA) is 78.4 Å². The molecule has 2 aromatic rings. The van der Waals surface area contributed by atoms with Crippen LogP contribution in [0.2, 0.25) is 0 Å². The third kappa shape index (κ3) is 5.07. The SMILES string of the molecule is CSC(CCNC(=O)c1ccc(-c2ccc(Br)s2)cc1)C(=O)NO. The van der Waals surface area contributed by atoms with Gasteiger partial charge in [-0.3, -0.25) is 14.8 Å². The maximum Gasteiger partial charge on any atom is 0.256 e. The summed E-state index contributed by atoms with van der Waals surface area (Å²) in [5, 5.41) is 11.0. The molecule has 0 bridgehead atoms. The highest BCUT2D eigenvalue weighted by Gasteiger charge is 2.16. The second-order valence-electron chi connectivity index (χ2n) is 4.93. The summed E-state index contributed by atoms with van der Waals surface area (Å²) in [4.78, 5) is 24.6. The molecule has 3 N–H and O–H groups in total. The highest BCUT2D eigenvalue weighted by Crippen LogP contribution is 2.31. The zero-order chi connectivity index (χ0) is 17.5. The van der Waals surface area contributed by atoms with E-state index in [1.807, 2.05) is 24.3 Å². The first-order valence-electron chi connectivity index (χ1n) is 7.16. The number of amides is 2. The highest BCUT2D eigenvalue weighted by molar-refractivity contribution is 9.11. The molecule has 0 spiro atoms. The molecule has 0 aliphatic rings. The first kappa shape index (κ1) is 19.0. The number of hydroxylamine groups is 1. The van der Waals surface area contributed by atoms with Gasteiger partial charge in [-0.15, -0.1) is 11.3 Å². The first-order valence-corrected chi connectivity index (χ1v) is 10.1. The van der Waals surface area contributed by atoms with Gasteiger partial charge in [0.25, 0.3) is 11.8 Å². The number of carbonyl (C=O) groups is 2. The molecule has 1 atom stereocenters. The average Bonchev–Trinajstić information content (AvgIpc) is 3.04. The highest BCUT2D eigenvalue weighted by atomic mass is 79.9. The largest absolute Gasteiger partial charge is 0.352 e. The molecule has 24 heavy (non-hydrogen) atoms. The molecule has 0 fully saturated rings. The van der Waals surface area contributed by atoms with Gasteiger partial charge in [-0.2, -0.15) is 11.8 Å². The Labute approximate surface area is 156 Å². The monoisotopic (exact) mass is 428 g/mol. The van der Waals surface area contributed by atoms with Crippen LogP contribution in [0.15, 0.2) is 40.2 Å². The minimum atomic E-state index is -0.455. The Morgan fingerprint density at radius 2 is 1.96 bits per heavy atom. The van der Waals surface area contributed by atoms with Crippen LogP contribution in [-0.4, -0.2) is 35.1 Å². The number of carbonyl (C=O) groups excluding carboxylic acids is 2. The second kappa shape index (κ2) is 9.22. The third-order valence-electron chi connectivity index (χ3n) is 3.38. The third-order valence-corrected chi connectivity index (χ3v) is 6.08. The van der Waals surface area contributed by atoms with Crippen LogP contribution >= 0.6 is 39.0 Å². The summed E-state index contributed by atoms with van der Waals surface area (Å²) in [5.41, 5.74) is 3.27. The molecule has 1 aromatic heterocycles. The predicted octanol–water partition coefficient (Wildman–Crippen LogP) is 3.53. The number of hydrogen-bond donors (Lipinski definition) is 3. The van der Waals surface area contributed by atoms with E-state index in [-0.39, 0.29) is 5.91 Å². The van der Waals surface area contributed by atoms with E-state index in [4.69, 9.17) is 5.21 Å². The average molecular weight is 429 g/mol. The lowest BCUT2D eigenvalue weighted by atomic mass is 10.1.